The molecule has 0 heterocycles. The summed E-state index contributed by atoms with van der Waals surface area (Å²) in [5, 5.41) is 33.6. The number of carbonyl (C=O) groups excluding carboxylic acids is 3. The molecule has 8 atom stereocenters. The number of methoxy groups -OCH3 is 1. The Hall–Kier alpha value is -2.29. The molecule has 8 heteroatoms. The van der Waals surface area contributed by atoms with Crippen molar-refractivity contribution in [3.05, 3.63) is 35.5 Å². The molecule has 0 aromatic heterocycles. The van der Waals surface area contributed by atoms with E-state index >= 15 is 0 Å². The minimum absolute atomic E-state index is 0.0428. The van der Waals surface area contributed by atoms with Gasteiger partial charge in [0.15, 0.2) is 17.5 Å². The van der Waals surface area contributed by atoms with E-state index in [-0.39, 0.29) is 34.5 Å². The Labute approximate surface area is 193 Å². The Bertz CT molecular complexity index is 990. The van der Waals surface area contributed by atoms with Gasteiger partial charge in [0.25, 0.3) is 0 Å². The second-order valence-corrected chi connectivity index (χ2v) is 10.5. The number of hydrogen-bond acceptors (Lipinski definition) is 8. The largest absolute Gasteiger partial charge is 0.466 e. The summed E-state index contributed by atoms with van der Waals surface area (Å²) in [6, 6.07) is 0. The molecule has 33 heavy (non-hydrogen) atoms. The Morgan fingerprint density at radius 2 is 1.88 bits per heavy atom. The summed E-state index contributed by atoms with van der Waals surface area (Å²) < 4.78 is 10.0. The van der Waals surface area contributed by atoms with Crippen molar-refractivity contribution in [3.63, 3.8) is 0 Å². The van der Waals surface area contributed by atoms with Crippen LogP contribution in [0.1, 0.15) is 34.1 Å². The highest BCUT2D eigenvalue weighted by Gasteiger charge is 2.76. The van der Waals surface area contributed by atoms with Gasteiger partial charge in [0, 0.05) is 18.1 Å². The van der Waals surface area contributed by atoms with Crippen molar-refractivity contribution in [2.45, 2.75) is 51.9 Å². The van der Waals surface area contributed by atoms with Crippen LogP contribution < -0.4 is 0 Å². The van der Waals surface area contributed by atoms with Gasteiger partial charge in [-0.05, 0) is 47.7 Å². The summed E-state index contributed by atoms with van der Waals surface area (Å²) in [5.74, 6) is -2.52. The summed E-state index contributed by atoms with van der Waals surface area (Å²) in [6.45, 7) is 7.22. The first-order valence-corrected chi connectivity index (χ1v) is 11.3. The molecule has 4 aliphatic carbocycles. The first-order valence-electron chi connectivity index (χ1n) is 11.3. The summed E-state index contributed by atoms with van der Waals surface area (Å²) in [6.07, 6.45) is 2.74. The monoisotopic (exact) mass is 460 g/mol. The lowest BCUT2D eigenvalue weighted by Gasteiger charge is -2.48. The molecule has 4 aliphatic rings. The van der Waals surface area contributed by atoms with Crippen LogP contribution in [0.15, 0.2) is 35.5 Å². The maximum Gasteiger partial charge on any atom is 0.331 e. The van der Waals surface area contributed by atoms with Crippen LogP contribution >= 0.6 is 0 Å². The number of fused-ring (bicyclic) bond motifs is 3. The van der Waals surface area contributed by atoms with Gasteiger partial charge in [0.2, 0.25) is 0 Å². The van der Waals surface area contributed by atoms with Crippen LogP contribution in [-0.2, 0) is 23.9 Å². The van der Waals surface area contributed by atoms with Crippen molar-refractivity contribution in [2.75, 3.05) is 13.7 Å². The zero-order valence-corrected chi connectivity index (χ0v) is 19.6. The molecule has 4 rings (SSSR count). The second kappa shape index (κ2) is 7.61. The van der Waals surface area contributed by atoms with Crippen molar-refractivity contribution in [1.82, 2.24) is 0 Å². The molecule has 2 fully saturated rings. The molecular weight excluding hydrogens is 428 g/mol. The average Bonchev–Trinajstić information content (AvgIpc) is 3.26. The molecule has 2 bridgehead atoms. The molecule has 1 spiro atoms. The molecule has 0 unspecified atom stereocenters. The number of ketones is 1. The fourth-order valence-electron chi connectivity index (χ4n) is 6.95. The number of ether oxygens (including phenoxy) is 2. The molecule has 0 amide bonds. The summed E-state index contributed by atoms with van der Waals surface area (Å²) in [5.41, 5.74) is -3.18. The lowest BCUT2D eigenvalue weighted by molar-refractivity contribution is -0.201. The molecule has 3 N–H and O–H groups in total. The van der Waals surface area contributed by atoms with Gasteiger partial charge in [-0.1, -0.05) is 32.9 Å². The molecule has 0 aromatic rings. The van der Waals surface area contributed by atoms with Gasteiger partial charge in [-0.25, -0.2) is 9.59 Å². The van der Waals surface area contributed by atoms with Crippen molar-refractivity contribution >= 4 is 17.7 Å². The Morgan fingerprint density at radius 1 is 1.24 bits per heavy atom. The fraction of sp³-hybridized carbons (Fsp3) is 0.640. The maximum atomic E-state index is 14.2. The Kier molecular flexibility index (Phi) is 5.50. The van der Waals surface area contributed by atoms with Gasteiger partial charge >= 0.3 is 11.9 Å². The Morgan fingerprint density at radius 3 is 2.48 bits per heavy atom. The zero-order chi connectivity index (χ0) is 24.5. The highest BCUT2D eigenvalue weighted by Crippen LogP contribution is 2.71. The number of aliphatic hydroxyl groups excluding tert-OH is 2. The lowest BCUT2D eigenvalue weighted by atomic mass is 9.59. The third-order valence-corrected chi connectivity index (χ3v) is 8.69. The van der Waals surface area contributed by atoms with E-state index in [0.29, 0.717) is 12.0 Å². The van der Waals surface area contributed by atoms with E-state index in [1.165, 1.54) is 7.11 Å². The van der Waals surface area contributed by atoms with Crippen LogP contribution in [-0.4, -0.2) is 64.6 Å². The summed E-state index contributed by atoms with van der Waals surface area (Å²) in [7, 11) is 1.17. The highest BCUT2D eigenvalue weighted by molar-refractivity contribution is 5.96. The van der Waals surface area contributed by atoms with Crippen molar-refractivity contribution in [3.8, 4) is 0 Å². The van der Waals surface area contributed by atoms with Crippen LogP contribution in [0.4, 0.5) is 0 Å². The standard InChI is InChI=1S/C25H32O8/c1-12-10-24-13(2)8-16-19(23(16,3)4)15(21(24)30)9-14(11-26)20(29)25(24,31)22(12)33-18(28)7-6-17(27)32-5/h6-7,9-10,13,15-16,19-20,22,26,29,31H,8,11H2,1-5H3/b7-6+/t13-,15+,16-,19+,20-,22+,24+,25+/m1/s1. The van der Waals surface area contributed by atoms with Gasteiger partial charge in [0.05, 0.1) is 19.1 Å². The van der Waals surface area contributed by atoms with E-state index in [9.17, 15) is 29.7 Å². The molecule has 8 nitrogen and oxygen atoms in total. The van der Waals surface area contributed by atoms with Gasteiger partial charge < -0.3 is 24.8 Å². The predicted molar refractivity (Wildman–Crippen MR) is 116 cm³/mol. The Balaban J connectivity index is 1.82. The molecule has 0 aliphatic heterocycles. The zero-order valence-electron chi connectivity index (χ0n) is 19.6. The predicted octanol–water partition coefficient (Wildman–Crippen LogP) is 1.10. The molecular formula is C25H32O8. The van der Waals surface area contributed by atoms with Crippen LogP contribution in [0.2, 0.25) is 0 Å². The first kappa shape index (κ1) is 23.9. The highest BCUT2D eigenvalue weighted by atomic mass is 16.6. The average molecular weight is 461 g/mol. The molecule has 180 valence electrons. The van der Waals surface area contributed by atoms with E-state index in [1.54, 1.807) is 19.1 Å². The van der Waals surface area contributed by atoms with Crippen molar-refractivity contribution in [2.24, 2.45) is 34.5 Å². The third-order valence-electron chi connectivity index (χ3n) is 8.69. The number of hydrogen-bond donors (Lipinski definition) is 3. The summed E-state index contributed by atoms with van der Waals surface area (Å²) in [4.78, 5) is 38.0. The number of Topliss-reactive ketones (excluding diaryl/α,β-unsaturated/α-hetero) is 1. The van der Waals surface area contributed by atoms with Gasteiger partial charge in [-0.2, -0.15) is 0 Å². The van der Waals surface area contributed by atoms with Crippen molar-refractivity contribution < 1.29 is 39.2 Å². The van der Waals surface area contributed by atoms with Gasteiger partial charge in [-0.15, -0.1) is 0 Å². The fourth-order valence-corrected chi connectivity index (χ4v) is 6.95. The first-order chi connectivity index (χ1) is 15.4. The van der Waals surface area contributed by atoms with E-state index in [0.717, 1.165) is 12.2 Å². The third kappa shape index (κ3) is 3.03. The van der Waals surface area contributed by atoms with Crippen LogP contribution in [0, 0.1) is 34.5 Å². The smallest absolute Gasteiger partial charge is 0.331 e. The molecule has 0 saturated heterocycles. The quantitative estimate of drug-likeness (QED) is 0.323. The summed E-state index contributed by atoms with van der Waals surface area (Å²) >= 11 is 0. The van der Waals surface area contributed by atoms with E-state index < -0.39 is 47.7 Å². The minimum Gasteiger partial charge on any atom is -0.466 e. The van der Waals surface area contributed by atoms with E-state index in [2.05, 4.69) is 18.6 Å². The number of carbonyl (C=O) groups is 3. The lowest BCUT2D eigenvalue weighted by Crippen LogP contribution is -2.65. The van der Waals surface area contributed by atoms with Crippen molar-refractivity contribution in [1.29, 1.82) is 0 Å². The van der Waals surface area contributed by atoms with Crippen LogP contribution in [0.25, 0.3) is 0 Å². The maximum absolute atomic E-state index is 14.2. The minimum atomic E-state index is -2.20. The second-order valence-electron chi connectivity index (χ2n) is 10.5. The molecule has 0 radical (unpaired) electrons. The number of allylic oxidation sites excluding steroid dienone is 1. The number of esters is 2. The SMILES string of the molecule is COC(=O)/C=C/C(=O)O[C@H]1C(C)=C[C@]23C(=O)[C@@H](C=C(CO)[C@@H](O)[C@]12O)[C@H]1[C@@H](C[C@H]3C)C1(C)C. The van der Waals surface area contributed by atoms with E-state index in [4.69, 9.17) is 4.74 Å². The van der Waals surface area contributed by atoms with Gasteiger partial charge in [0.1, 0.15) is 6.10 Å². The number of rotatable bonds is 4. The van der Waals surface area contributed by atoms with Crippen LogP contribution in [0.5, 0.6) is 0 Å². The van der Waals surface area contributed by atoms with Gasteiger partial charge in [-0.3, -0.25) is 4.79 Å². The molecule has 2 saturated carbocycles. The van der Waals surface area contributed by atoms with E-state index in [1.807, 2.05) is 6.92 Å². The topological polar surface area (TPSA) is 130 Å². The molecule has 0 aromatic carbocycles. The normalized spacial score (nSPS) is 43.0. The van der Waals surface area contributed by atoms with Crippen LogP contribution in [0.3, 0.4) is 0 Å². The number of aliphatic hydroxyl groups is 3.